The number of likely N-dealkylation sites (N-methyl/N-ethyl adjacent to an activating group) is 1. The average molecular weight is 777 g/mol. The first-order valence-electron chi connectivity index (χ1n) is 21.8. The third-order valence-corrected chi connectivity index (χ3v) is 14.6. The molecule has 316 valence electrons. The third-order valence-electron chi connectivity index (χ3n) is 14.6. The highest BCUT2D eigenvalue weighted by molar-refractivity contribution is 5.83. The highest BCUT2D eigenvalue weighted by Crippen LogP contribution is 2.61. The van der Waals surface area contributed by atoms with Crippen molar-refractivity contribution in [2.24, 2.45) is 52.8 Å². The van der Waals surface area contributed by atoms with Crippen LogP contribution in [0, 0.1) is 52.8 Å². The van der Waals surface area contributed by atoms with E-state index in [-0.39, 0.29) is 61.7 Å². The summed E-state index contributed by atoms with van der Waals surface area (Å²) >= 11 is 0. The van der Waals surface area contributed by atoms with E-state index in [4.69, 9.17) is 19.0 Å². The molecular weight excluding hydrogens is 700 g/mol. The molecule has 55 heavy (non-hydrogen) atoms. The Labute approximate surface area is 331 Å². The van der Waals surface area contributed by atoms with E-state index < -0.39 is 30.1 Å². The summed E-state index contributed by atoms with van der Waals surface area (Å²) < 4.78 is 17.2. The van der Waals surface area contributed by atoms with Gasteiger partial charge in [0.05, 0.1) is 25.4 Å². The Hall–Kier alpha value is -1.83. The fraction of sp³-hybridized carbons (Fsp3) is 0.930. The largest absolute Gasteiger partial charge is 0.464 e. The molecule has 1 saturated heterocycles. The van der Waals surface area contributed by atoms with Crippen LogP contribution in [0.2, 0.25) is 0 Å². The van der Waals surface area contributed by atoms with Crippen molar-refractivity contribution in [3.8, 4) is 0 Å². The van der Waals surface area contributed by atoms with Crippen molar-refractivity contribution in [3.05, 3.63) is 0 Å². The van der Waals surface area contributed by atoms with Gasteiger partial charge in [-0.2, -0.15) is 5.06 Å². The van der Waals surface area contributed by atoms with Crippen LogP contribution >= 0.6 is 0 Å². The van der Waals surface area contributed by atoms with Crippen molar-refractivity contribution in [1.82, 2.24) is 20.6 Å². The van der Waals surface area contributed by atoms with Gasteiger partial charge in [-0.25, -0.2) is 4.79 Å². The summed E-state index contributed by atoms with van der Waals surface area (Å²) in [4.78, 5) is 49.0. The number of hydroxylamine groups is 2. The minimum Gasteiger partial charge on any atom is -0.464 e. The lowest BCUT2D eigenvalue weighted by Crippen LogP contribution is -2.62. The van der Waals surface area contributed by atoms with Gasteiger partial charge in [-0.05, 0) is 108 Å². The zero-order valence-corrected chi connectivity index (χ0v) is 35.6. The lowest BCUT2D eigenvalue weighted by Gasteiger charge is -2.62. The van der Waals surface area contributed by atoms with Gasteiger partial charge in [0.1, 0.15) is 18.8 Å². The predicted molar refractivity (Wildman–Crippen MR) is 212 cm³/mol. The molecule has 6 fully saturated rings. The number of rotatable bonds is 18. The molecule has 0 aromatic heterocycles. The van der Waals surface area contributed by atoms with Gasteiger partial charge in [0.2, 0.25) is 11.8 Å². The van der Waals surface area contributed by atoms with E-state index in [2.05, 4.69) is 57.3 Å². The summed E-state index contributed by atoms with van der Waals surface area (Å²) in [6.07, 6.45) is 9.61. The minimum atomic E-state index is -0.856. The number of hydrogen-bond acceptors (Lipinski definition) is 10. The number of ether oxygens (including phenoxy) is 3. The van der Waals surface area contributed by atoms with E-state index in [0.29, 0.717) is 41.5 Å². The smallest absolute Gasteiger partial charge is 0.332 e. The average Bonchev–Trinajstić information content (AvgIpc) is 3.50. The second-order valence-electron chi connectivity index (χ2n) is 18.8. The van der Waals surface area contributed by atoms with E-state index in [9.17, 15) is 19.5 Å². The molecule has 1 heterocycles. The number of esters is 1. The van der Waals surface area contributed by atoms with Gasteiger partial charge in [0.15, 0.2) is 0 Å². The molecule has 2 bridgehead atoms. The summed E-state index contributed by atoms with van der Waals surface area (Å²) in [5, 5.41) is 19.9. The summed E-state index contributed by atoms with van der Waals surface area (Å²) in [5.41, 5.74) is 0.297. The maximum atomic E-state index is 14.5. The fourth-order valence-corrected chi connectivity index (χ4v) is 11.7. The van der Waals surface area contributed by atoms with Crippen LogP contribution in [0.3, 0.4) is 0 Å². The molecule has 6 rings (SSSR count). The number of methoxy groups -OCH3 is 1. The summed E-state index contributed by atoms with van der Waals surface area (Å²) in [6, 6.07) is -0.497. The lowest BCUT2D eigenvalue weighted by atomic mass is 9.45. The molecule has 0 aromatic rings. The van der Waals surface area contributed by atoms with Gasteiger partial charge in [0, 0.05) is 50.0 Å². The van der Waals surface area contributed by atoms with Crippen LogP contribution in [0.4, 0.5) is 0 Å². The number of aliphatic hydroxyl groups excluding tert-OH is 1. The molecule has 5 saturated carbocycles. The number of carbonyl (C=O) groups excluding carboxylic acids is 3. The predicted octanol–water partition coefficient (Wildman–Crippen LogP) is 4.82. The second kappa shape index (κ2) is 19.7. The number of nitrogens with one attached hydrogen (secondary N) is 2. The number of nitrogens with zero attached hydrogens (tertiary/aromatic N) is 2. The number of fused-ring (bicyclic) bond motifs is 2. The van der Waals surface area contributed by atoms with Crippen LogP contribution in [0.5, 0.6) is 0 Å². The van der Waals surface area contributed by atoms with Gasteiger partial charge in [0.25, 0.3) is 0 Å². The van der Waals surface area contributed by atoms with Crippen LogP contribution in [0.1, 0.15) is 112 Å². The van der Waals surface area contributed by atoms with Crippen molar-refractivity contribution in [2.75, 3.05) is 54.1 Å². The SMILES string of the molecule is CCC[C@H](CN(C)C)NC(=O)C1CCCC(C2CCCC(CN3O[C@@H](COCC(=O)OCC)[C@@H]([C@H](C)O)[C@H]3C(=O)N[C@H]3C[C@H]4C[C@@H]([C@@H]3C)C4(C)C)C2OC)C1. The summed E-state index contributed by atoms with van der Waals surface area (Å²) in [5.74, 6) is 1.37. The Kier molecular flexibility index (Phi) is 15.9. The molecule has 2 amide bonds. The standard InChI is InChI=1S/C43H76N4O8/c1-10-14-32(23-46(7)8)44-41(50)29-16-12-15-28(19-29)33-18-13-17-30(40(33)52-9)22-47-39(38(27(4)48)36(55-47)24-53-25-37(49)54-11-2)42(51)45-35-21-31-20-34(26(35)3)43(31,5)6/h26-36,38-40,48H,10-25H2,1-9H3,(H,44,50)(H,45,51)/t26-,27-,28?,29?,30?,31+,32+,33?,34-,35-,36-,38+,39-,40?/m0/s1. The van der Waals surface area contributed by atoms with Crippen LogP contribution in [-0.4, -0.2) is 123 Å². The van der Waals surface area contributed by atoms with Gasteiger partial charge >= 0.3 is 5.97 Å². The molecule has 0 radical (unpaired) electrons. The molecule has 6 aliphatic rings. The Morgan fingerprint density at radius 3 is 2.42 bits per heavy atom. The van der Waals surface area contributed by atoms with Gasteiger partial charge in [-0.1, -0.05) is 53.4 Å². The Bertz CT molecular complexity index is 1260. The molecule has 5 aliphatic carbocycles. The molecular formula is C43H76N4O8. The normalized spacial score (nSPS) is 37.1. The summed E-state index contributed by atoms with van der Waals surface area (Å²) in [7, 11) is 5.92. The highest BCUT2D eigenvalue weighted by Gasteiger charge is 2.58. The maximum absolute atomic E-state index is 14.5. The molecule has 0 aromatic carbocycles. The molecule has 5 unspecified atom stereocenters. The van der Waals surface area contributed by atoms with Crippen molar-refractivity contribution in [3.63, 3.8) is 0 Å². The highest BCUT2D eigenvalue weighted by atomic mass is 16.7. The van der Waals surface area contributed by atoms with E-state index in [1.54, 1.807) is 21.0 Å². The molecule has 3 N–H and O–H groups in total. The first kappa shape index (κ1) is 44.3. The Morgan fingerprint density at radius 1 is 1.04 bits per heavy atom. The number of carbonyl (C=O) groups is 3. The zero-order valence-electron chi connectivity index (χ0n) is 35.6. The third kappa shape index (κ3) is 10.4. The van der Waals surface area contributed by atoms with Gasteiger partial charge in [-0.15, -0.1) is 0 Å². The molecule has 1 aliphatic heterocycles. The molecule has 12 heteroatoms. The Morgan fingerprint density at radius 2 is 1.78 bits per heavy atom. The first-order valence-corrected chi connectivity index (χ1v) is 21.8. The zero-order chi connectivity index (χ0) is 40.0. The van der Waals surface area contributed by atoms with Crippen molar-refractivity contribution in [1.29, 1.82) is 0 Å². The number of amides is 2. The monoisotopic (exact) mass is 777 g/mol. The second-order valence-corrected chi connectivity index (χ2v) is 18.8. The molecule has 0 spiro atoms. The fourth-order valence-electron chi connectivity index (χ4n) is 11.7. The van der Waals surface area contributed by atoms with Crippen LogP contribution in [0.15, 0.2) is 0 Å². The summed E-state index contributed by atoms with van der Waals surface area (Å²) in [6.45, 7) is 14.0. The quantitative estimate of drug-likeness (QED) is 0.166. The van der Waals surface area contributed by atoms with Crippen molar-refractivity contribution in [2.45, 2.75) is 149 Å². The van der Waals surface area contributed by atoms with Crippen LogP contribution in [0.25, 0.3) is 0 Å². The Balaban J connectivity index is 1.30. The van der Waals surface area contributed by atoms with E-state index in [0.717, 1.165) is 70.8 Å². The maximum Gasteiger partial charge on any atom is 0.332 e. The van der Waals surface area contributed by atoms with Gasteiger partial charge < -0.3 is 34.9 Å². The van der Waals surface area contributed by atoms with E-state index in [1.807, 2.05) is 5.06 Å². The number of aliphatic hydroxyl groups is 1. The molecule has 12 nitrogen and oxygen atoms in total. The minimum absolute atomic E-state index is 0.00843. The van der Waals surface area contributed by atoms with Crippen LogP contribution < -0.4 is 10.6 Å². The topological polar surface area (TPSA) is 139 Å². The van der Waals surface area contributed by atoms with E-state index in [1.165, 1.54) is 6.42 Å². The molecule has 14 atom stereocenters. The lowest BCUT2D eigenvalue weighted by molar-refractivity contribution is -0.196. The first-order chi connectivity index (χ1) is 26.2. The van der Waals surface area contributed by atoms with Crippen LogP contribution in [-0.2, 0) is 33.4 Å². The number of hydrogen-bond donors (Lipinski definition) is 3. The van der Waals surface area contributed by atoms with E-state index >= 15 is 0 Å². The van der Waals surface area contributed by atoms with Crippen molar-refractivity contribution < 1.29 is 38.5 Å². The van der Waals surface area contributed by atoms with Gasteiger partial charge in [-0.3, -0.25) is 14.4 Å². The van der Waals surface area contributed by atoms with Crippen molar-refractivity contribution >= 4 is 17.8 Å².